The average Bonchev–Trinajstić information content (AvgIpc) is 2.50. The van der Waals surface area contributed by atoms with Crippen molar-refractivity contribution in [3.05, 3.63) is 29.3 Å². The molecule has 15 heavy (non-hydrogen) atoms. The molecule has 1 aliphatic heterocycles. The Labute approximate surface area is 99.6 Å². The molecule has 0 unspecified atom stereocenters. The molecule has 1 aromatic carbocycles. The van der Waals surface area contributed by atoms with Crippen LogP contribution in [0.25, 0.3) is 0 Å². The van der Waals surface area contributed by atoms with E-state index in [0.29, 0.717) is 5.02 Å². The minimum absolute atomic E-state index is 0. The van der Waals surface area contributed by atoms with Crippen LogP contribution in [-0.2, 0) is 4.79 Å². The van der Waals surface area contributed by atoms with E-state index in [1.165, 1.54) is 0 Å². The lowest BCUT2D eigenvalue weighted by atomic mass is 10.3. The van der Waals surface area contributed by atoms with Crippen LogP contribution in [0.2, 0.25) is 5.02 Å². The van der Waals surface area contributed by atoms with Gasteiger partial charge in [0.1, 0.15) is 0 Å². The van der Waals surface area contributed by atoms with Crippen molar-refractivity contribution in [2.45, 2.75) is 12.5 Å². The zero-order valence-corrected chi connectivity index (χ0v) is 9.63. The lowest BCUT2D eigenvalue weighted by Gasteiger charge is -2.14. The number of rotatable bonds is 1. The summed E-state index contributed by atoms with van der Waals surface area (Å²) in [6.45, 7) is 0.759. The van der Waals surface area contributed by atoms with E-state index in [4.69, 9.17) is 11.6 Å². The van der Waals surface area contributed by atoms with Crippen molar-refractivity contribution in [2.24, 2.45) is 0 Å². The molecule has 1 heterocycles. The molecule has 0 bridgehead atoms. The van der Waals surface area contributed by atoms with Crippen LogP contribution >= 0.6 is 11.6 Å². The Morgan fingerprint density at radius 1 is 1.33 bits per heavy atom. The molecule has 0 saturated carbocycles. The maximum absolute atomic E-state index is 11.6. The van der Waals surface area contributed by atoms with Crippen LogP contribution in [0.4, 0.5) is 5.69 Å². The van der Waals surface area contributed by atoms with Gasteiger partial charge < -0.3 is 23.0 Å². The van der Waals surface area contributed by atoms with Crippen LogP contribution in [0.1, 0.15) is 6.42 Å². The number of anilines is 1. The zero-order chi connectivity index (χ0) is 10.1. The van der Waals surface area contributed by atoms with Crippen LogP contribution in [0, 0.1) is 0 Å². The number of hydrogen-bond acceptors (Lipinski definition) is 1. The largest absolute Gasteiger partial charge is 1.00 e. The topological polar surface area (TPSA) is 48.0 Å². The third-order valence-electron chi connectivity index (χ3n) is 2.45. The van der Waals surface area contributed by atoms with Gasteiger partial charge in [-0.25, -0.2) is 0 Å². The third-order valence-corrected chi connectivity index (χ3v) is 2.71. The predicted octanol–water partition coefficient (Wildman–Crippen LogP) is -2.31. The Hall–Kier alpha value is -0.770. The van der Waals surface area contributed by atoms with Crippen LogP contribution in [0.3, 0.4) is 0 Å². The van der Waals surface area contributed by atoms with E-state index in [1.807, 2.05) is 12.1 Å². The van der Waals surface area contributed by atoms with E-state index in [2.05, 4.69) is 5.73 Å². The first-order valence-corrected chi connectivity index (χ1v) is 4.96. The normalized spacial score (nSPS) is 20.3. The van der Waals surface area contributed by atoms with Gasteiger partial charge in [-0.15, -0.1) is 0 Å². The monoisotopic (exact) mass is 246 g/mol. The maximum Gasteiger partial charge on any atom is 0.285 e. The van der Waals surface area contributed by atoms with Crippen LogP contribution in [-0.4, -0.2) is 18.5 Å². The van der Waals surface area contributed by atoms with Gasteiger partial charge in [0.2, 0.25) is 0 Å². The highest BCUT2D eigenvalue weighted by Crippen LogP contribution is 2.21. The highest BCUT2D eigenvalue weighted by molar-refractivity contribution is 6.30. The van der Waals surface area contributed by atoms with Gasteiger partial charge in [0.05, 0.1) is 0 Å². The number of benzene rings is 1. The molecule has 5 heteroatoms. The van der Waals surface area contributed by atoms with Gasteiger partial charge in [0, 0.05) is 23.7 Å². The summed E-state index contributed by atoms with van der Waals surface area (Å²) in [5, 5.41) is 0.687. The molecular weight excluding hydrogens is 235 g/mol. The highest BCUT2D eigenvalue weighted by atomic mass is 35.5. The minimum atomic E-state index is -0.0920. The van der Waals surface area contributed by atoms with Gasteiger partial charge in [-0.05, 0) is 24.3 Å². The number of carbonyl (C=O) groups excluding carboxylic acids is 1. The quantitative estimate of drug-likeness (QED) is 0.595. The fourth-order valence-corrected chi connectivity index (χ4v) is 1.74. The number of hydrogen-bond donors (Lipinski definition) is 1. The fourth-order valence-electron chi connectivity index (χ4n) is 1.62. The van der Waals surface area contributed by atoms with Crippen LogP contribution in [0.15, 0.2) is 24.3 Å². The first kappa shape index (κ1) is 12.3. The average molecular weight is 247 g/mol. The van der Waals surface area contributed by atoms with Crippen molar-refractivity contribution >= 4 is 23.2 Å². The van der Waals surface area contributed by atoms with Crippen LogP contribution < -0.4 is 23.0 Å². The molecule has 3 nitrogen and oxygen atoms in total. The Balaban J connectivity index is 0.00000112. The van der Waals surface area contributed by atoms with Gasteiger partial charge in [0.15, 0.2) is 6.04 Å². The molecule has 1 aromatic rings. The lowest BCUT2D eigenvalue weighted by molar-refractivity contribution is -0.400. The SMILES string of the molecule is [Cl-].[NH3+][C@H]1CCN(c2ccc(Cl)cc2)C1=O. The van der Waals surface area contributed by atoms with Gasteiger partial charge >= 0.3 is 0 Å². The molecule has 2 rings (SSSR count). The molecular formula is C10H12Cl2N2O. The van der Waals surface area contributed by atoms with E-state index in [-0.39, 0.29) is 24.4 Å². The summed E-state index contributed by atoms with van der Waals surface area (Å²) < 4.78 is 0. The second-order valence-electron chi connectivity index (χ2n) is 3.45. The fraction of sp³-hybridized carbons (Fsp3) is 0.300. The Morgan fingerprint density at radius 2 is 1.93 bits per heavy atom. The minimum Gasteiger partial charge on any atom is -1.00 e. The van der Waals surface area contributed by atoms with E-state index in [0.717, 1.165) is 18.7 Å². The summed E-state index contributed by atoms with van der Waals surface area (Å²) in [5.41, 5.74) is 4.70. The summed E-state index contributed by atoms with van der Waals surface area (Å²) in [6.07, 6.45) is 0.835. The molecule has 3 N–H and O–H groups in total. The van der Waals surface area contributed by atoms with E-state index in [9.17, 15) is 4.79 Å². The zero-order valence-electron chi connectivity index (χ0n) is 8.12. The molecule has 1 saturated heterocycles. The Bertz CT molecular complexity index is 353. The summed E-state index contributed by atoms with van der Waals surface area (Å²) in [5.74, 6) is 0.104. The van der Waals surface area contributed by atoms with Crippen molar-refractivity contribution in [1.29, 1.82) is 0 Å². The Kier molecular flexibility index (Phi) is 3.97. The Morgan fingerprint density at radius 3 is 2.40 bits per heavy atom. The van der Waals surface area contributed by atoms with E-state index in [1.54, 1.807) is 17.0 Å². The second-order valence-corrected chi connectivity index (χ2v) is 3.89. The third kappa shape index (κ3) is 2.43. The maximum atomic E-state index is 11.6. The summed E-state index contributed by atoms with van der Waals surface area (Å²) in [6, 6.07) is 7.21. The van der Waals surface area contributed by atoms with Gasteiger partial charge in [-0.3, -0.25) is 4.79 Å². The first-order chi connectivity index (χ1) is 6.68. The van der Waals surface area contributed by atoms with Crippen molar-refractivity contribution in [3.63, 3.8) is 0 Å². The number of halogens is 2. The van der Waals surface area contributed by atoms with Gasteiger partial charge in [0.25, 0.3) is 5.91 Å². The molecule has 1 aliphatic rings. The summed E-state index contributed by atoms with van der Waals surface area (Å²) in [4.78, 5) is 13.4. The van der Waals surface area contributed by atoms with Crippen molar-refractivity contribution < 1.29 is 22.9 Å². The summed E-state index contributed by atoms with van der Waals surface area (Å²) >= 11 is 5.77. The standard InChI is InChI=1S/C10H11ClN2O.ClH/c11-7-1-3-8(4-2-7)13-6-5-9(12)10(13)14;/h1-4,9H,5-6,12H2;1H/t9-;/m0./s1. The predicted molar refractivity (Wildman–Crippen MR) is 55.1 cm³/mol. The first-order valence-electron chi connectivity index (χ1n) is 4.58. The molecule has 1 amide bonds. The van der Waals surface area contributed by atoms with Gasteiger partial charge in [-0.1, -0.05) is 11.6 Å². The molecule has 0 radical (unpaired) electrons. The molecule has 0 aromatic heterocycles. The molecule has 82 valence electrons. The number of nitrogens with zero attached hydrogens (tertiary/aromatic N) is 1. The van der Waals surface area contributed by atoms with Crippen molar-refractivity contribution in [2.75, 3.05) is 11.4 Å². The van der Waals surface area contributed by atoms with Crippen molar-refractivity contribution in [1.82, 2.24) is 0 Å². The number of quaternary nitrogens is 1. The molecule has 1 fully saturated rings. The van der Waals surface area contributed by atoms with Gasteiger partial charge in [-0.2, -0.15) is 0 Å². The lowest BCUT2D eigenvalue weighted by Crippen LogP contribution is -3.00. The second kappa shape index (κ2) is 4.84. The molecule has 0 spiro atoms. The van der Waals surface area contributed by atoms with Crippen molar-refractivity contribution in [3.8, 4) is 0 Å². The highest BCUT2D eigenvalue weighted by Gasteiger charge is 2.32. The summed E-state index contributed by atoms with van der Waals surface area (Å²) in [7, 11) is 0. The number of carbonyl (C=O) groups is 1. The number of amides is 1. The molecule has 1 atom stereocenters. The van der Waals surface area contributed by atoms with Crippen LogP contribution in [0.5, 0.6) is 0 Å². The molecule has 0 aliphatic carbocycles. The van der Waals surface area contributed by atoms with E-state index >= 15 is 0 Å². The van der Waals surface area contributed by atoms with E-state index < -0.39 is 0 Å². The smallest absolute Gasteiger partial charge is 0.285 e.